The molecule has 9 heteroatoms. The topological polar surface area (TPSA) is 86.8 Å². The van der Waals surface area contributed by atoms with Gasteiger partial charge in [0.15, 0.2) is 0 Å². The van der Waals surface area contributed by atoms with Crippen LogP contribution in [0.25, 0.3) is 0 Å². The second-order valence-electron chi connectivity index (χ2n) is 10.8. The molecule has 2 amide bonds. The molecule has 4 aromatic rings. The zero-order valence-electron chi connectivity index (χ0n) is 25.2. The molecule has 230 valence electrons. The third-order valence-corrected chi connectivity index (χ3v) is 9.34. The van der Waals surface area contributed by atoms with Crippen LogP contribution < -0.4 is 9.62 Å². The summed E-state index contributed by atoms with van der Waals surface area (Å²) in [6.45, 7) is 5.91. The van der Waals surface area contributed by atoms with E-state index in [1.54, 1.807) is 24.3 Å². The lowest BCUT2D eigenvalue weighted by Gasteiger charge is -2.34. The summed E-state index contributed by atoms with van der Waals surface area (Å²) in [6, 6.07) is 29.1. The summed E-state index contributed by atoms with van der Waals surface area (Å²) in [6.07, 6.45) is 0.999. The summed E-state index contributed by atoms with van der Waals surface area (Å²) in [4.78, 5) is 29.6. The van der Waals surface area contributed by atoms with Crippen molar-refractivity contribution in [1.82, 2.24) is 10.2 Å². The average molecular weight is 632 g/mol. The van der Waals surface area contributed by atoms with Crippen molar-refractivity contribution in [3.8, 4) is 0 Å². The number of nitrogens with zero attached hydrogens (tertiary/aromatic N) is 2. The highest BCUT2D eigenvalue weighted by Gasteiger charge is 2.34. The van der Waals surface area contributed by atoms with Gasteiger partial charge in [0.25, 0.3) is 10.0 Å². The van der Waals surface area contributed by atoms with E-state index in [1.165, 1.54) is 29.2 Å². The minimum atomic E-state index is -4.18. The van der Waals surface area contributed by atoms with Gasteiger partial charge in [-0.3, -0.25) is 13.9 Å². The molecule has 0 saturated carbocycles. The molecule has 0 aliphatic heterocycles. The summed E-state index contributed by atoms with van der Waals surface area (Å²) in [7, 11) is -4.18. The molecule has 0 spiro atoms. The molecular formula is C35H38ClN3O4S. The van der Waals surface area contributed by atoms with Crippen molar-refractivity contribution in [2.75, 3.05) is 17.4 Å². The molecule has 0 saturated heterocycles. The van der Waals surface area contributed by atoms with Gasteiger partial charge in [-0.2, -0.15) is 0 Å². The first kappa shape index (κ1) is 32.8. The Bertz CT molecular complexity index is 1640. The first-order chi connectivity index (χ1) is 21.1. The molecule has 1 N–H and O–H groups in total. The first-order valence-corrected chi connectivity index (χ1v) is 16.4. The van der Waals surface area contributed by atoms with Crippen molar-refractivity contribution in [1.29, 1.82) is 0 Å². The maximum atomic E-state index is 14.4. The number of anilines is 1. The Balaban J connectivity index is 1.78. The number of amides is 2. The molecule has 0 aliphatic rings. The zero-order valence-corrected chi connectivity index (χ0v) is 26.8. The fourth-order valence-electron chi connectivity index (χ4n) is 4.78. The Kier molecular flexibility index (Phi) is 11.2. The Morgan fingerprint density at radius 2 is 1.39 bits per heavy atom. The second-order valence-corrected chi connectivity index (χ2v) is 13.1. The Morgan fingerprint density at radius 1 is 0.795 bits per heavy atom. The van der Waals surface area contributed by atoms with Crippen LogP contribution in [-0.4, -0.2) is 44.3 Å². The van der Waals surface area contributed by atoms with Gasteiger partial charge in [-0.25, -0.2) is 8.42 Å². The average Bonchev–Trinajstić information content (AvgIpc) is 3.02. The van der Waals surface area contributed by atoms with E-state index in [2.05, 4.69) is 5.32 Å². The highest BCUT2D eigenvalue weighted by molar-refractivity contribution is 7.92. The third-order valence-electron chi connectivity index (χ3n) is 7.30. The van der Waals surface area contributed by atoms with E-state index >= 15 is 0 Å². The molecule has 0 radical (unpaired) electrons. The van der Waals surface area contributed by atoms with Gasteiger partial charge in [0.1, 0.15) is 12.6 Å². The van der Waals surface area contributed by atoms with Crippen molar-refractivity contribution < 1.29 is 18.0 Å². The van der Waals surface area contributed by atoms with Crippen molar-refractivity contribution in [2.24, 2.45) is 0 Å². The van der Waals surface area contributed by atoms with E-state index in [1.807, 2.05) is 75.4 Å². The summed E-state index contributed by atoms with van der Waals surface area (Å²) in [5, 5.41) is 3.35. The van der Waals surface area contributed by atoms with Crippen LogP contribution in [-0.2, 0) is 32.6 Å². The van der Waals surface area contributed by atoms with Gasteiger partial charge in [0.05, 0.1) is 10.6 Å². The molecule has 0 unspecified atom stereocenters. The van der Waals surface area contributed by atoms with Gasteiger partial charge >= 0.3 is 0 Å². The molecule has 0 heterocycles. The third kappa shape index (κ3) is 8.49. The SMILES string of the molecule is CCCNC(=O)[C@H](Cc1ccccc1)N(Cc1ccc(C)cc1)C(=O)CN(c1ccc(C)cc1)S(=O)(=O)c1ccc(Cl)cc1. The Morgan fingerprint density at radius 3 is 1.98 bits per heavy atom. The maximum Gasteiger partial charge on any atom is 0.264 e. The van der Waals surface area contributed by atoms with Crippen molar-refractivity contribution >= 4 is 39.1 Å². The largest absolute Gasteiger partial charge is 0.354 e. The highest BCUT2D eigenvalue weighted by Crippen LogP contribution is 2.26. The zero-order chi connectivity index (χ0) is 31.7. The fraction of sp³-hybridized carbons (Fsp3) is 0.257. The summed E-state index contributed by atoms with van der Waals surface area (Å²) < 4.78 is 29.2. The van der Waals surface area contributed by atoms with Crippen LogP contribution >= 0.6 is 11.6 Å². The van der Waals surface area contributed by atoms with Crippen LogP contribution in [0.4, 0.5) is 5.69 Å². The minimum Gasteiger partial charge on any atom is -0.354 e. The van der Waals surface area contributed by atoms with Crippen LogP contribution in [0.2, 0.25) is 5.02 Å². The summed E-state index contributed by atoms with van der Waals surface area (Å²) in [5.41, 5.74) is 4.06. The number of halogens is 1. The molecule has 7 nitrogen and oxygen atoms in total. The highest BCUT2D eigenvalue weighted by atomic mass is 35.5. The quantitative estimate of drug-likeness (QED) is 0.187. The van der Waals surface area contributed by atoms with Gasteiger partial charge in [0.2, 0.25) is 11.8 Å². The van der Waals surface area contributed by atoms with E-state index in [4.69, 9.17) is 11.6 Å². The van der Waals surface area contributed by atoms with Crippen molar-refractivity contribution in [2.45, 2.75) is 51.1 Å². The maximum absolute atomic E-state index is 14.4. The Hall–Kier alpha value is -4.14. The van der Waals surface area contributed by atoms with Crippen LogP contribution in [0.1, 0.15) is 35.6 Å². The summed E-state index contributed by atoms with van der Waals surface area (Å²) in [5.74, 6) is -0.796. The van der Waals surface area contributed by atoms with E-state index in [0.717, 1.165) is 33.0 Å². The van der Waals surface area contributed by atoms with E-state index in [-0.39, 0.29) is 23.8 Å². The van der Waals surface area contributed by atoms with Crippen LogP contribution in [0, 0.1) is 13.8 Å². The second kappa shape index (κ2) is 15.0. The van der Waals surface area contributed by atoms with E-state index in [9.17, 15) is 18.0 Å². The number of sulfonamides is 1. The standard InChI is InChI=1S/C35H38ClN3O4S/c1-4-22-37-35(41)33(23-28-8-6-5-7-9-28)38(24-29-14-10-26(2)11-15-29)34(40)25-39(31-18-12-27(3)13-19-31)44(42,43)32-20-16-30(36)17-21-32/h5-21,33H,4,22-25H2,1-3H3,(H,37,41)/t33-/m0/s1. The van der Waals surface area contributed by atoms with Crippen LogP contribution in [0.5, 0.6) is 0 Å². The molecule has 0 fully saturated rings. The Labute approximate surface area is 265 Å². The molecule has 0 bridgehead atoms. The number of nitrogens with one attached hydrogen (secondary N) is 1. The number of carbonyl (C=O) groups is 2. The van der Waals surface area contributed by atoms with Crippen LogP contribution in [0.15, 0.2) is 108 Å². The number of carbonyl (C=O) groups excluding carboxylic acids is 2. The first-order valence-electron chi connectivity index (χ1n) is 14.6. The van der Waals surface area contributed by atoms with Gasteiger partial charge in [-0.1, -0.05) is 96.4 Å². The molecule has 0 aromatic heterocycles. The lowest BCUT2D eigenvalue weighted by molar-refractivity contribution is -0.140. The van der Waals surface area contributed by atoms with Gasteiger partial charge in [-0.05, 0) is 67.8 Å². The van der Waals surface area contributed by atoms with Gasteiger partial charge in [0, 0.05) is 24.5 Å². The molecule has 4 rings (SSSR count). The van der Waals surface area contributed by atoms with E-state index < -0.39 is 28.5 Å². The molecule has 0 aliphatic carbocycles. The van der Waals surface area contributed by atoms with Gasteiger partial charge in [-0.15, -0.1) is 0 Å². The normalized spacial score (nSPS) is 11.9. The number of rotatable bonds is 13. The van der Waals surface area contributed by atoms with Gasteiger partial charge < -0.3 is 10.2 Å². The monoisotopic (exact) mass is 631 g/mol. The lowest BCUT2D eigenvalue weighted by atomic mass is 10.0. The number of aryl methyl sites for hydroxylation is 2. The van der Waals surface area contributed by atoms with Crippen LogP contribution in [0.3, 0.4) is 0 Å². The molecule has 4 aromatic carbocycles. The van der Waals surface area contributed by atoms with Crippen molar-refractivity contribution in [3.63, 3.8) is 0 Å². The predicted molar refractivity (Wildman–Crippen MR) is 176 cm³/mol. The molecule has 1 atom stereocenters. The minimum absolute atomic E-state index is 0.00174. The number of hydrogen-bond acceptors (Lipinski definition) is 4. The van der Waals surface area contributed by atoms with Crippen molar-refractivity contribution in [3.05, 3.63) is 130 Å². The predicted octanol–water partition coefficient (Wildman–Crippen LogP) is 6.32. The molecular weight excluding hydrogens is 594 g/mol. The summed E-state index contributed by atoms with van der Waals surface area (Å²) >= 11 is 6.05. The fourth-order valence-corrected chi connectivity index (χ4v) is 6.32. The van der Waals surface area contributed by atoms with E-state index in [0.29, 0.717) is 17.3 Å². The number of hydrogen-bond donors (Lipinski definition) is 1. The number of benzene rings is 4. The molecule has 44 heavy (non-hydrogen) atoms. The lowest BCUT2D eigenvalue weighted by Crippen LogP contribution is -2.53. The smallest absolute Gasteiger partial charge is 0.264 e.